The minimum atomic E-state index is -0.998. The van der Waals surface area contributed by atoms with E-state index in [1.807, 2.05) is 79.4 Å². The molecule has 0 saturated carbocycles. The molecule has 0 spiro atoms. The molecule has 0 radical (unpaired) electrons. The van der Waals surface area contributed by atoms with Gasteiger partial charge in [-0.15, -0.1) is 0 Å². The fourth-order valence-corrected chi connectivity index (χ4v) is 6.12. The second-order valence-corrected chi connectivity index (χ2v) is 14.0. The number of unbranched alkanes of at least 4 members (excludes halogenated alkanes) is 2. The van der Waals surface area contributed by atoms with E-state index in [0.29, 0.717) is 51.6 Å². The predicted octanol–water partition coefficient (Wildman–Crippen LogP) is 1.15. The summed E-state index contributed by atoms with van der Waals surface area (Å²) in [6.45, 7) is 7.75. The number of benzene rings is 2. The van der Waals surface area contributed by atoms with Gasteiger partial charge in [0.25, 0.3) is 0 Å². The van der Waals surface area contributed by atoms with Crippen LogP contribution in [0.1, 0.15) is 69.9 Å². The Balaban J connectivity index is 1.60. The third kappa shape index (κ3) is 15.5. The lowest BCUT2D eigenvalue weighted by atomic mass is 10.00. The number of rotatable bonds is 22. The van der Waals surface area contributed by atoms with Crippen molar-refractivity contribution in [3.63, 3.8) is 0 Å². The van der Waals surface area contributed by atoms with Gasteiger partial charge in [0.15, 0.2) is 0 Å². The molecule has 4 atom stereocenters. The van der Waals surface area contributed by atoms with Crippen molar-refractivity contribution in [3.05, 3.63) is 71.8 Å². The highest BCUT2D eigenvalue weighted by Gasteiger charge is 2.31. The first-order valence-electron chi connectivity index (χ1n) is 18.8. The topological polar surface area (TPSA) is 201 Å². The average molecular weight is 721 g/mol. The fourth-order valence-electron chi connectivity index (χ4n) is 6.12. The number of carbonyl (C=O) groups excluding carboxylic acids is 5. The van der Waals surface area contributed by atoms with Crippen LogP contribution in [-0.4, -0.2) is 97.9 Å². The second-order valence-electron chi connectivity index (χ2n) is 14.0. The Kier molecular flexibility index (Phi) is 18.8. The molecule has 1 saturated heterocycles. The molecule has 1 aliphatic heterocycles. The normalized spacial score (nSPS) is 15.2. The van der Waals surface area contributed by atoms with Crippen molar-refractivity contribution < 1.29 is 24.0 Å². The molecule has 0 aliphatic carbocycles. The highest BCUT2D eigenvalue weighted by Crippen LogP contribution is 2.11. The van der Waals surface area contributed by atoms with Crippen LogP contribution in [-0.2, 0) is 36.8 Å². The van der Waals surface area contributed by atoms with Crippen LogP contribution in [0.2, 0.25) is 0 Å². The summed E-state index contributed by atoms with van der Waals surface area (Å²) >= 11 is 0. The lowest BCUT2D eigenvalue weighted by Gasteiger charge is -2.27. The van der Waals surface area contributed by atoms with Gasteiger partial charge in [-0.2, -0.15) is 0 Å². The van der Waals surface area contributed by atoms with Crippen molar-refractivity contribution >= 4 is 29.5 Å². The number of nitrogens with two attached hydrogens (primary N) is 2. The van der Waals surface area contributed by atoms with Crippen molar-refractivity contribution in [1.82, 2.24) is 31.5 Å². The van der Waals surface area contributed by atoms with Gasteiger partial charge in [0.2, 0.25) is 29.5 Å². The quantitative estimate of drug-likeness (QED) is 0.0879. The highest BCUT2D eigenvalue weighted by molar-refractivity contribution is 5.95. The molecular weight excluding hydrogens is 660 g/mol. The summed E-state index contributed by atoms with van der Waals surface area (Å²) in [5, 5.41) is 14.7. The molecule has 1 fully saturated rings. The Bertz CT molecular complexity index is 1390. The minimum absolute atomic E-state index is 0.0345. The van der Waals surface area contributed by atoms with Crippen molar-refractivity contribution in [2.75, 3.05) is 39.3 Å². The van der Waals surface area contributed by atoms with E-state index < -0.39 is 41.9 Å². The van der Waals surface area contributed by atoms with Crippen LogP contribution in [0.4, 0.5) is 0 Å². The van der Waals surface area contributed by atoms with E-state index in [1.165, 1.54) is 0 Å². The van der Waals surface area contributed by atoms with Gasteiger partial charge in [0.1, 0.15) is 18.1 Å². The Morgan fingerprint density at radius 1 is 0.712 bits per heavy atom. The minimum Gasteiger partial charge on any atom is -0.354 e. The SMILES string of the molecule is CC(C)C[C@@H](NC(=O)[C@@H](Cc1ccccc1)NC(=O)[C@H](N)Cc1ccccc1)C(=O)N[C@H](CCCN)C(=O)NCCCCCC(=O)N1CCNCC1. The standard InChI is InChI=1S/C39H60N8O5/c1-28(2)25-33(38(51)44-32(17-12-19-40)37(50)43-20-11-5-10-18-35(48)47-23-21-42-22-24-47)46-39(52)34(27-30-15-8-4-9-16-30)45-36(49)31(41)26-29-13-6-3-7-14-29/h3-4,6-9,13-16,28,31-34,42H,5,10-12,17-27,40-41H2,1-2H3,(H,43,50)(H,44,51)(H,45,49)(H,46,52)/t31-,32-,33-,34-/m1/s1. The van der Waals surface area contributed by atoms with Gasteiger partial charge in [-0.3, -0.25) is 24.0 Å². The summed E-state index contributed by atoms with van der Waals surface area (Å²) in [7, 11) is 0. The van der Waals surface area contributed by atoms with Crippen LogP contribution in [0.15, 0.2) is 60.7 Å². The Hall–Kier alpha value is -4.33. The first-order chi connectivity index (χ1) is 25.1. The molecule has 13 nitrogen and oxygen atoms in total. The van der Waals surface area contributed by atoms with Crippen LogP contribution >= 0.6 is 0 Å². The molecule has 0 bridgehead atoms. The summed E-state index contributed by atoms with van der Waals surface area (Å²) in [5.41, 5.74) is 13.7. The molecule has 5 amide bonds. The van der Waals surface area contributed by atoms with Crippen LogP contribution in [0.3, 0.4) is 0 Å². The maximum absolute atomic E-state index is 13.8. The van der Waals surface area contributed by atoms with Gasteiger partial charge in [-0.25, -0.2) is 0 Å². The summed E-state index contributed by atoms with van der Waals surface area (Å²) < 4.78 is 0. The first-order valence-corrected chi connectivity index (χ1v) is 18.8. The third-order valence-corrected chi connectivity index (χ3v) is 9.06. The van der Waals surface area contributed by atoms with Gasteiger partial charge < -0.3 is 43.0 Å². The Morgan fingerprint density at radius 2 is 1.29 bits per heavy atom. The summed E-state index contributed by atoms with van der Waals surface area (Å²) in [4.78, 5) is 68.4. The zero-order valence-electron chi connectivity index (χ0n) is 30.9. The molecule has 2 aromatic carbocycles. The third-order valence-electron chi connectivity index (χ3n) is 9.06. The maximum atomic E-state index is 13.8. The van der Waals surface area contributed by atoms with Crippen molar-refractivity contribution in [2.24, 2.45) is 17.4 Å². The molecular formula is C39H60N8O5. The molecule has 1 heterocycles. The van der Waals surface area contributed by atoms with E-state index in [-0.39, 0.29) is 24.2 Å². The average Bonchev–Trinajstić information content (AvgIpc) is 3.14. The Labute approximate surface area is 308 Å². The molecule has 0 unspecified atom stereocenters. The number of piperazine rings is 1. The summed E-state index contributed by atoms with van der Waals surface area (Å²) in [5.74, 6) is -1.62. The van der Waals surface area contributed by atoms with E-state index in [4.69, 9.17) is 11.5 Å². The van der Waals surface area contributed by atoms with Crippen molar-refractivity contribution in [1.29, 1.82) is 0 Å². The molecule has 2 aromatic rings. The zero-order chi connectivity index (χ0) is 37.7. The number of nitrogens with one attached hydrogen (secondary N) is 5. The monoisotopic (exact) mass is 720 g/mol. The summed E-state index contributed by atoms with van der Waals surface area (Å²) in [6.07, 6.45) is 4.38. The van der Waals surface area contributed by atoms with Crippen molar-refractivity contribution in [2.45, 2.75) is 95.8 Å². The molecule has 286 valence electrons. The first kappa shape index (κ1) is 42.1. The molecule has 1 aliphatic rings. The number of carbonyl (C=O) groups is 5. The van der Waals surface area contributed by atoms with E-state index in [1.54, 1.807) is 0 Å². The van der Waals surface area contributed by atoms with Gasteiger partial charge in [0.05, 0.1) is 6.04 Å². The lowest BCUT2D eigenvalue weighted by molar-refractivity contribution is -0.134. The summed E-state index contributed by atoms with van der Waals surface area (Å²) in [6, 6.07) is 15.0. The van der Waals surface area contributed by atoms with Gasteiger partial charge >= 0.3 is 0 Å². The molecule has 52 heavy (non-hydrogen) atoms. The fraction of sp³-hybridized carbons (Fsp3) is 0.564. The highest BCUT2D eigenvalue weighted by atomic mass is 16.2. The van der Waals surface area contributed by atoms with E-state index in [2.05, 4.69) is 26.6 Å². The lowest BCUT2D eigenvalue weighted by Crippen LogP contribution is -2.58. The van der Waals surface area contributed by atoms with Crippen molar-refractivity contribution in [3.8, 4) is 0 Å². The largest absolute Gasteiger partial charge is 0.354 e. The van der Waals surface area contributed by atoms with Crippen LogP contribution in [0.5, 0.6) is 0 Å². The van der Waals surface area contributed by atoms with Gasteiger partial charge in [-0.1, -0.05) is 80.9 Å². The molecule has 0 aromatic heterocycles. The Morgan fingerprint density at radius 3 is 1.90 bits per heavy atom. The van der Waals surface area contributed by atoms with Crippen LogP contribution < -0.4 is 38.1 Å². The van der Waals surface area contributed by atoms with E-state index in [9.17, 15) is 24.0 Å². The van der Waals surface area contributed by atoms with Crippen LogP contribution in [0.25, 0.3) is 0 Å². The zero-order valence-corrected chi connectivity index (χ0v) is 30.9. The number of hydrogen-bond acceptors (Lipinski definition) is 8. The number of hydrogen-bond donors (Lipinski definition) is 7. The van der Waals surface area contributed by atoms with Gasteiger partial charge in [-0.05, 0) is 62.1 Å². The molecule has 3 rings (SSSR count). The van der Waals surface area contributed by atoms with Crippen LogP contribution in [0, 0.1) is 5.92 Å². The van der Waals surface area contributed by atoms with E-state index in [0.717, 1.165) is 50.1 Å². The maximum Gasteiger partial charge on any atom is 0.243 e. The predicted molar refractivity (Wildman–Crippen MR) is 203 cm³/mol. The smallest absolute Gasteiger partial charge is 0.243 e. The van der Waals surface area contributed by atoms with E-state index >= 15 is 0 Å². The molecule has 9 N–H and O–H groups in total. The van der Waals surface area contributed by atoms with Gasteiger partial charge in [0, 0.05) is 45.6 Å². The number of nitrogens with zero attached hydrogens (tertiary/aromatic N) is 1. The second kappa shape index (κ2) is 23.3. The number of amides is 5. The molecule has 13 heteroatoms.